The Balaban J connectivity index is 2.74. The van der Waals surface area contributed by atoms with Crippen LogP contribution in [0.3, 0.4) is 0 Å². The average molecular weight is 241 g/mol. The Hall–Kier alpha value is -0.870. The Kier molecular flexibility index (Phi) is 4.10. The molecule has 0 spiro atoms. The Morgan fingerprint density at radius 1 is 1.44 bits per heavy atom. The molecule has 0 radical (unpaired) electrons. The molecule has 0 amide bonds. The fourth-order valence-electron chi connectivity index (χ4n) is 1.45. The summed E-state index contributed by atoms with van der Waals surface area (Å²) in [7, 11) is 0. The van der Waals surface area contributed by atoms with Gasteiger partial charge in [0.25, 0.3) is 0 Å². The fraction of sp³-hybridized carbons (Fsp3) is 0.583. The summed E-state index contributed by atoms with van der Waals surface area (Å²) < 4.78 is 0. The summed E-state index contributed by atoms with van der Waals surface area (Å²) >= 11 is 1.72. The van der Waals surface area contributed by atoms with Crippen molar-refractivity contribution < 1.29 is 9.90 Å². The van der Waals surface area contributed by atoms with E-state index in [1.54, 1.807) is 11.3 Å². The summed E-state index contributed by atoms with van der Waals surface area (Å²) in [5.41, 5.74) is -0.129. The van der Waals surface area contributed by atoms with Crippen molar-refractivity contribution in [2.45, 2.75) is 39.8 Å². The van der Waals surface area contributed by atoms with Crippen molar-refractivity contribution in [3.05, 3.63) is 21.9 Å². The number of aliphatic carboxylic acids is 1. The Bertz CT molecular complexity index is 365. The molecule has 90 valence electrons. The summed E-state index contributed by atoms with van der Waals surface area (Å²) in [4.78, 5) is 15.3. The van der Waals surface area contributed by atoms with E-state index >= 15 is 0 Å². The zero-order valence-electron chi connectivity index (χ0n) is 10.3. The number of thiophene rings is 1. The molecule has 1 N–H and O–H groups in total. The van der Waals surface area contributed by atoms with E-state index in [0.29, 0.717) is 6.54 Å². The summed E-state index contributed by atoms with van der Waals surface area (Å²) in [5, 5.41) is 8.89. The van der Waals surface area contributed by atoms with Gasteiger partial charge in [-0.25, -0.2) is 0 Å². The first-order chi connectivity index (χ1) is 7.29. The molecule has 1 aromatic rings. The van der Waals surface area contributed by atoms with Gasteiger partial charge in [-0.3, -0.25) is 9.69 Å². The molecule has 0 saturated carbocycles. The van der Waals surface area contributed by atoms with E-state index < -0.39 is 5.97 Å². The van der Waals surface area contributed by atoms with Gasteiger partial charge in [0.15, 0.2) is 0 Å². The van der Waals surface area contributed by atoms with Gasteiger partial charge >= 0.3 is 5.97 Å². The lowest BCUT2D eigenvalue weighted by Crippen LogP contribution is -2.43. The van der Waals surface area contributed by atoms with Gasteiger partial charge in [-0.15, -0.1) is 11.3 Å². The molecule has 1 heterocycles. The van der Waals surface area contributed by atoms with E-state index in [0.717, 1.165) is 0 Å². The molecule has 0 unspecified atom stereocenters. The smallest absolute Gasteiger partial charge is 0.317 e. The lowest BCUT2D eigenvalue weighted by atomic mass is 10.1. The van der Waals surface area contributed by atoms with Crippen LogP contribution in [0.4, 0.5) is 0 Å². The first-order valence-electron chi connectivity index (χ1n) is 5.31. The third-order valence-corrected chi connectivity index (χ3v) is 3.40. The number of carboxylic acid groups (broad SMARTS) is 1. The van der Waals surface area contributed by atoms with Crippen LogP contribution in [-0.2, 0) is 11.3 Å². The molecule has 0 atom stereocenters. The van der Waals surface area contributed by atoms with Crippen molar-refractivity contribution in [2.24, 2.45) is 0 Å². The quantitative estimate of drug-likeness (QED) is 0.881. The van der Waals surface area contributed by atoms with Crippen molar-refractivity contribution in [1.29, 1.82) is 0 Å². The zero-order chi connectivity index (χ0) is 12.3. The van der Waals surface area contributed by atoms with Gasteiger partial charge in [0.1, 0.15) is 0 Å². The fourth-order valence-corrected chi connectivity index (χ4v) is 2.36. The number of carbonyl (C=O) groups is 1. The monoisotopic (exact) mass is 241 g/mol. The molecular weight excluding hydrogens is 222 g/mol. The minimum Gasteiger partial charge on any atom is -0.480 e. The predicted molar refractivity (Wildman–Crippen MR) is 66.9 cm³/mol. The summed E-state index contributed by atoms with van der Waals surface area (Å²) in [6.45, 7) is 8.96. The third kappa shape index (κ3) is 3.94. The summed E-state index contributed by atoms with van der Waals surface area (Å²) in [6, 6.07) is 4.14. The van der Waals surface area contributed by atoms with Crippen molar-refractivity contribution in [1.82, 2.24) is 4.90 Å². The standard InChI is InChI=1S/C12H19NO2S/c1-9-5-6-10(16-9)7-13(8-11(14)15)12(2,3)4/h5-6H,7-8H2,1-4H3,(H,14,15). The number of hydrogen-bond donors (Lipinski definition) is 1. The highest BCUT2D eigenvalue weighted by Crippen LogP contribution is 2.21. The van der Waals surface area contributed by atoms with Gasteiger partial charge in [0.2, 0.25) is 0 Å². The maximum Gasteiger partial charge on any atom is 0.317 e. The number of rotatable bonds is 4. The van der Waals surface area contributed by atoms with Crippen molar-refractivity contribution in [2.75, 3.05) is 6.54 Å². The van der Waals surface area contributed by atoms with Crippen LogP contribution in [0.25, 0.3) is 0 Å². The van der Waals surface area contributed by atoms with E-state index in [4.69, 9.17) is 5.11 Å². The second-order valence-electron chi connectivity index (χ2n) is 4.93. The van der Waals surface area contributed by atoms with Crippen LogP contribution in [0.15, 0.2) is 12.1 Å². The summed E-state index contributed by atoms with van der Waals surface area (Å²) in [6.07, 6.45) is 0. The highest BCUT2D eigenvalue weighted by molar-refractivity contribution is 7.11. The van der Waals surface area contributed by atoms with Gasteiger partial charge in [0.05, 0.1) is 6.54 Å². The molecule has 0 fully saturated rings. The maximum atomic E-state index is 10.8. The van der Waals surface area contributed by atoms with E-state index in [1.807, 2.05) is 25.7 Å². The highest BCUT2D eigenvalue weighted by Gasteiger charge is 2.23. The summed E-state index contributed by atoms with van der Waals surface area (Å²) in [5.74, 6) is -0.775. The number of nitrogens with zero attached hydrogens (tertiary/aromatic N) is 1. The van der Waals surface area contributed by atoms with Crippen molar-refractivity contribution >= 4 is 17.3 Å². The molecule has 0 aliphatic carbocycles. The van der Waals surface area contributed by atoms with Gasteiger partial charge in [-0.1, -0.05) is 0 Å². The Labute approximate surface area is 101 Å². The first-order valence-corrected chi connectivity index (χ1v) is 6.13. The van der Waals surface area contributed by atoms with Crippen LogP contribution in [0, 0.1) is 6.92 Å². The number of hydrogen-bond acceptors (Lipinski definition) is 3. The van der Waals surface area contributed by atoms with Crippen molar-refractivity contribution in [3.63, 3.8) is 0 Å². The van der Waals surface area contributed by atoms with Crippen LogP contribution < -0.4 is 0 Å². The molecule has 4 heteroatoms. The first kappa shape index (κ1) is 13.2. The molecule has 0 aliphatic heterocycles. The molecule has 1 aromatic heterocycles. The average Bonchev–Trinajstić information content (AvgIpc) is 2.47. The molecule has 0 bridgehead atoms. The lowest BCUT2D eigenvalue weighted by Gasteiger charge is -2.33. The van der Waals surface area contributed by atoms with Crippen molar-refractivity contribution in [3.8, 4) is 0 Å². The van der Waals surface area contributed by atoms with E-state index in [2.05, 4.69) is 19.1 Å². The van der Waals surface area contributed by atoms with E-state index in [-0.39, 0.29) is 12.1 Å². The highest BCUT2D eigenvalue weighted by atomic mass is 32.1. The normalized spacial score (nSPS) is 12.1. The molecule has 0 aliphatic rings. The molecule has 3 nitrogen and oxygen atoms in total. The predicted octanol–water partition coefficient (Wildman–Crippen LogP) is 2.74. The van der Waals surface area contributed by atoms with E-state index in [1.165, 1.54) is 9.75 Å². The van der Waals surface area contributed by atoms with E-state index in [9.17, 15) is 4.79 Å². The van der Waals surface area contributed by atoms with Crippen LogP contribution in [0.5, 0.6) is 0 Å². The lowest BCUT2D eigenvalue weighted by molar-refractivity contribution is -0.139. The van der Waals surface area contributed by atoms with Crippen LogP contribution in [0.1, 0.15) is 30.5 Å². The van der Waals surface area contributed by atoms with Crippen LogP contribution >= 0.6 is 11.3 Å². The molecular formula is C12H19NO2S. The van der Waals surface area contributed by atoms with Gasteiger partial charge in [-0.05, 0) is 39.8 Å². The van der Waals surface area contributed by atoms with Crippen LogP contribution in [-0.4, -0.2) is 28.1 Å². The molecule has 16 heavy (non-hydrogen) atoms. The minimum atomic E-state index is -0.775. The SMILES string of the molecule is Cc1ccc(CN(CC(=O)O)C(C)(C)C)s1. The molecule has 0 aromatic carbocycles. The minimum absolute atomic E-state index is 0.0838. The number of carboxylic acids is 1. The van der Waals surface area contributed by atoms with Gasteiger partial charge in [-0.2, -0.15) is 0 Å². The molecule has 1 rings (SSSR count). The molecule has 0 saturated heterocycles. The topological polar surface area (TPSA) is 40.5 Å². The Morgan fingerprint density at radius 3 is 2.44 bits per heavy atom. The second-order valence-corrected chi connectivity index (χ2v) is 6.31. The Morgan fingerprint density at radius 2 is 2.06 bits per heavy atom. The second kappa shape index (κ2) is 4.97. The van der Waals surface area contributed by atoms with Gasteiger partial charge in [0, 0.05) is 21.8 Å². The zero-order valence-corrected chi connectivity index (χ0v) is 11.1. The van der Waals surface area contributed by atoms with Crippen LogP contribution in [0.2, 0.25) is 0 Å². The largest absolute Gasteiger partial charge is 0.480 e. The van der Waals surface area contributed by atoms with Gasteiger partial charge < -0.3 is 5.11 Å². The third-order valence-electron chi connectivity index (χ3n) is 2.42. The maximum absolute atomic E-state index is 10.8. The number of aryl methyl sites for hydroxylation is 1.